The monoisotopic (exact) mass is 270 g/mol. The molecule has 0 bridgehead atoms. The predicted molar refractivity (Wildman–Crippen MR) is 74.8 cm³/mol. The lowest BCUT2D eigenvalue weighted by Crippen LogP contribution is -2.45. The van der Waals surface area contributed by atoms with Gasteiger partial charge in [0, 0.05) is 0 Å². The summed E-state index contributed by atoms with van der Waals surface area (Å²) in [5.41, 5.74) is 2.01. The van der Waals surface area contributed by atoms with Gasteiger partial charge < -0.3 is 15.0 Å². The quantitative estimate of drug-likeness (QED) is 0.890. The Hall–Kier alpha value is -1.26. The van der Waals surface area contributed by atoms with E-state index in [1.54, 1.807) is 11.9 Å². The summed E-state index contributed by atoms with van der Waals surface area (Å²) in [6.45, 7) is 4.95. The van der Waals surface area contributed by atoms with E-state index in [0.29, 0.717) is 13.1 Å². The Morgan fingerprint density at radius 3 is 2.94 bits per heavy atom. The van der Waals surface area contributed by atoms with E-state index in [1.807, 2.05) is 32.0 Å². The summed E-state index contributed by atoms with van der Waals surface area (Å²) in [7, 11) is 1.78. The van der Waals surface area contributed by atoms with Crippen LogP contribution in [0.1, 0.15) is 12.5 Å². The molecule has 1 unspecified atom stereocenters. The molecule has 1 heterocycles. The number of ether oxygens (including phenoxy) is 1. The van der Waals surface area contributed by atoms with Gasteiger partial charge in [-0.1, -0.05) is 6.07 Å². The van der Waals surface area contributed by atoms with Crippen LogP contribution in [0.3, 0.4) is 0 Å². The minimum Gasteiger partial charge on any atom is -0.487 e. The van der Waals surface area contributed by atoms with Crippen molar-refractivity contribution in [3.8, 4) is 5.75 Å². The molecule has 1 amide bonds. The maximum Gasteiger partial charge on any atom is 0.241 e. The zero-order valence-corrected chi connectivity index (χ0v) is 11.7. The molecule has 1 aliphatic heterocycles. The molecule has 2 rings (SSSR count). The molecule has 0 fully saturated rings. The average Bonchev–Trinajstić information content (AvgIpc) is 2.27. The smallest absolute Gasteiger partial charge is 0.241 e. The van der Waals surface area contributed by atoms with E-state index in [9.17, 15) is 4.79 Å². The van der Waals surface area contributed by atoms with Gasteiger partial charge in [0.15, 0.2) is 0 Å². The highest BCUT2D eigenvalue weighted by molar-refractivity contribution is 5.96. The first-order valence-corrected chi connectivity index (χ1v) is 5.84. The normalized spacial score (nSPS) is 17.5. The van der Waals surface area contributed by atoms with Crippen molar-refractivity contribution in [3.05, 3.63) is 23.8 Å². The molecule has 1 N–H and O–H groups in total. The molecule has 5 heteroatoms. The molecule has 100 valence electrons. The highest BCUT2D eigenvalue weighted by Gasteiger charge is 2.26. The van der Waals surface area contributed by atoms with E-state index in [2.05, 4.69) is 5.32 Å². The van der Waals surface area contributed by atoms with Crippen LogP contribution in [0.4, 0.5) is 5.69 Å². The number of halogens is 1. The third kappa shape index (κ3) is 2.94. The second-order valence-electron chi connectivity index (χ2n) is 4.43. The van der Waals surface area contributed by atoms with Crippen molar-refractivity contribution in [2.75, 3.05) is 25.0 Å². The molecule has 18 heavy (non-hydrogen) atoms. The predicted octanol–water partition coefficient (Wildman–Crippen LogP) is 1.75. The van der Waals surface area contributed by atoms with Crippen molar-refractivity contribution in [2.24, 2.45) is 0 Å². The number of anilines is 1. The largest absolute Gasteiger partial charge is 0.487 e. The van der Waals surface area contributed by atoms with Crippen molar-refractivity contribution in [1.82, 2.24) is 5.32 Å². The third-order valence-corrected chi connectivity index (χ3v) is 2.80. The van der Waals surface area contributed by atoms with E-state index >= 15 is 0 Å². The molecule has 0 spiro atoms. The number of hydrogen-bond donors (Lipinski definition) is 1. The summed E-state index contributed by atoms with van der Waals surface area (Å²) in [5, 5.41) is 2.89. The average molecular weight is 271 g/mol. The lowest BCUT2D eigenvalue weighted by atomic mass is 10.1. The van der Waals surface area contributed by atoms with Gasteiger partial charge in [-0.3, -0.25) is 4.79 Å². The van der Waals surface area contributed by atoms with E-state index in [4.69, 9.17) is 4.74 Å². The first-order valence-electron chi connectivity index (χ1n) is 5.84. The summed E-state index contributed by atoms with van der Waals surface area (Å²) in [4.78, 5) is 13.8. The standard InChI is InChI=1S/C13H18N2O2.ClH/c1-9-4-5-11-12(6-9)17-10(2)8-15(11)13(16)7-14-3;/h4-6,10,14H,7-8H2,1-3H3;1H. The van der Waals surface area contributed by atoms with Gasteiger partial charge in [0.25, 0.3) is 0 Å². The van der Waals surface area contributed by atoms with Gasteiger partial charge in [0.05, 0.1) is 18.8 Å². The Morgan fingerprint density at radius 2 is 2.28 bits per heavy atom. The van der Waals surface area contributed by atoms with Crippen LogP contribution < -0.4 is 15.0 Å². The second kappa shape index (κ2) is 6.07. The number of rotatable bonds is 2. The van der Waals surface area contributed by atoms with Crippen molar-refractivity contribution < 1.29 is 9.53 Å². The zero-order chi connectivity index (χ0) is 12.4. The van der Waals surface area contributed by atoms with Gasteiger partial charge >= 0.3 is 0 Å². The number of carbonyl (C=O) groups is 1. The molecule has 1 aromatic carbocycles. The van der Waals surface area contributed by atoms with Crippen molar-refractivity contribution in [2.45, 2.75) is 20.0 Å². The van der Waals surface area contributed by atoms with Gasteiger partial charge in [-0.25, -0.2) is 0 Å². The lowest BCUT2D eigenvalue weighted by Gasteiger charge is -2.33. The number of fused-ring (bicyclic) bond motifs is 1. The first kappa shape index (κ1) is 14.8. The second-order valence-corrected chi connectivity index (χ2v) is 4.43. The van der Waals surface area contributed by atoms with E-state index in [-0.39, 0.29) is 24.4 Å². The Labute approximate surface area is 114 Å². The maximum absolute atomic E-state index is 12.0. The summed E-state index contributed by atoms with van der Waals surface area (Å²) in [5.74, 6) is 0.876. The highest BCUT2D eigenvalue weighted by atomic mass is 35.5. The molecule has 0 radical (unpaired) electrons. The molecule has 0 saturated heterocycles. The number of hydrogen-bond acceptors (Lipinski definition) is 3. The topological polar surface area (TPSA) is 41.6 Å². The number of nitrogens with zero attached hydrogens (tertiary/aromatic N) is 1. The van der Waals surface area contributed by atoms with Crippen molar-refractivity contribution in [3.63, 3.8) is 0 Å². The van der Waals surface area contributed by atoms with Crippen LogP contribution in [0.25, 0.3) is 0 Å². The van der Waals surface area contributed by atoms with Crippen LogP contribution in [0.15, 0.2) is 18.2 Å². The fraction of sp³-hybridized carbons (Fsp3) is 0.462. The molecule has 0 saturated carbocycles. The summed E-state index contributed by atoms with van der Waals surface area (Å²) in [6, 6.07) is 5.92. The summed E-state index contributed by atoms with van der Waals surface area (Å²) < 4.78 is 5.76. The zero-order valence-electron chi connectivity index (χ0n) is 10.9. The molecule has 0 aromatic heterocycles. The Bertz CT molecular complexity index is 437. The molecular weight excluding hydrogens is 252 g/mol. The number of carbonyl (C=O) groups excluding carboxylic acids is 1. The molecule has 1 aromatic rings. The van der Waals surface area contributed by atoms with E-state index in [1.165, 1.54) is 0 Å². The van der Waals surface area contributed by atoms with Crippen molar-refractivity contribution >= 4 is 24.0 Å². The molecule has 1 aliphatic rings. The van der Waals surface area contributed by atoms with E-state index < -0.39 is 0 Å². The minimum absolute atomic E-state index is 0. The number of aryl methyl sites for hydroxylation is 1. The first-order chi connectivity index (χ1) is 8.11. The number of benzene rings is 1. The van der Waals surface area contributed by atoms with Gasteiger partial charge in [-0.2, -0.15) is 0 Å². The molecule has 4 nitrogen and oxygen atoms in total. The van der Waals surface area contributed by atoms with Crippen LogP contribution in [0.5, 0.6) is 5.75 Å². The number of amides is 1. The fourth-order valence-electron chi connectivity index (χ4n) is 2.03. The van der Waals surface area contributed by atoms with Crippen LogP contribution >= 0.6 is 12.4 Å². The highest BCUT2D eigenvalue weighted by Crippen LogP contribution is 2.34. The Balaban J connectivity index is 0.00000162. The lowest BCUT2D eigenvalue weighted by molar-refractivity contribution is -0.118. The fourth-order valence-corrected chi connectivity index (χ4v) is 2.03. The number of nitrogens with one attached hydrogen (secondary N) is 1. The molecule has 0 aliphatic carbocycles. The van der Waals surface area contributed by atoms with Gasteiger partial charge in [-0.15, -0.1) is 12.4 Å². The van der Waals surface area contributed by atoms with Gasteiger partial charge in [-0.05, 0) is 38.6 Å². The maximum atomic E-state index is 12.0. The van der Waals surface area contributed by atoms with Crippen LogP contribution in [0, 0.1) is 6.92 Å². The van der Waals surface area contributed by atoms with Crippen LogP contribution in [0.2, 0.25) is 0 Å². The van der Waals surface area contributed by atoms with Crippen LogP contribution in [-0.4, -0.2) is 32.1 Å². The minimum atomic E-state index is 0. The number of likely N-dealkylation sites (N-methyl/N-ethyl adjacent to an activating group) is 1. The van der Waals surface area contributed by atoms with Gasteiger partial charge in [0.2, 0.25) is 5.91 Å². The van der Waals surface area contributed by atoms with Crippen LogP contribution in [-0.2, 0) is 4.79 Å². The summed E-state index contributed by atoms with van der Waals surface area (Å²) >= 11 is 0. The SMILES string of the molecule is CNCC(=O)N1CC(C)Oc2cc(C)ccc21.Cl. The third-order valence-electron chi connectivity index (χ3n) is 2.80. The Morgan fingerprint density at radius 1 is 1.56 bits per heavy atom. The molecular formula is C13H19ClN2O2. The van der Waals surface area contributed by atoms with E-state index in [0.717, 1.165) is 17.0 Å². The van der Waals surface area contributed by atoms with Gasteiger partial charge in [0.1, 0.15) is 11.9 Å². The summed E-state index contributed by atoms with van der Waals surface area (Å²) in [6.07, 6.45) is 0.0325. The molecule has 1 atom stereocenters. The van der Waals surface area contributed by atoms with Crippen molar-refractivity contribution in [1.29, 1.82) is 0 Å². The Kier molecular flexibility index (Phi) is 4.99.